The lowest BCUT2D eigenvalue weighted by Crippen LogP contribution is -2.50. The van der Waals surface area contributed by atoms with Crippen LogP contribution >= 0.6 is 0 Å². The van der Waals surface area contributed by atoms with Crippen molar-refractivity contribution in [1.29, 1.82) is 0 Å². The minimum absolute atomic E-state index is 0.131. The molecule has 0 saturated carbocycles. The fraction of sp³-hybridized carbons (Fsp3) is 0.357. The average Bonchev–Trinajstić information content (AvgIpc) is 2.47. The Morgan fingerprint density at radius 1 is 1.15 bits per heavy atom. The maximum atomic E-state index is 12.4. The van der Waals surface area contributed by atoms with Gasteiger partial charge in [0.25, 0.3) is 0 Å². The number of urea groups is 2. The highest BCUT2D eigenvalue weighted by Gasteiger charge is 2.26. The standard InChI is InChI=1S/C14H19N3O3/c1-3-16(4-2)14(20)17(13(19)15-10-11-18)12-8-6-5-7-9-12/h5-9,11H,3-4,10H2,1-2H3,(H,15,19). The van der Waals surface area contributed by atoms with Gasteiger partial charge in [0.05, 0.1) is 12.2 Å². The van der Waals surface area contributed by atoms with Crippen molar-refractivity contribution in [2.24, 2.45) is 0 Å². The number of hydrogen-bond donors (Lipinski definition) is 1. The molecular formula is C14H19N3O3. The first-order chi connectivity index (χ1) is 9.65. The molecule has 0 radical (unpaired) electrons. The van der Waals surface area contributed by atoms with Crippen LogP contribution in [0.3, 0.4) is 0 Å². The molecule has 0 aromatic heterocycles. The van der Waals surface area contributed by atoms with Crippen LogP contribution in [0, 0.1) is 0 Å². The van der Waals surface area contributed by atoms with Gasteiger partial charge in [-0.1, -0.05) is 18.2 Å². The highest BCUT2D eigenvalue weighted by molar-refractivity contribution is 6.13. The lowest BCUT2D eigenvalue weighted by molar-refractivity contribution is -0.107. The fourth-order valence-corrected chi connectivity index (χ4v) is 1.74. The molecule has 0 aliphatic carbocycles. The summed E-state index contributed by atoms with van der Waals surface area (Å²) < 4.78 is 0. The zero-order valence-electron chi connectivity index (χ0n) is 11.7. The molecule has 108 valence electrons. The number of aldehydes is 1. The summed E-state index contributed by atoms with van der Waals surface area (Å²) in [6.07, 6.45) is 0.572. The molecule has 0 unspecified atom stereocenters. The SMILES string of the molecule is CCN(CC)C(=O)N(C(=O)NCC=O)c1ccccc1. The fourth-order valence-electron chi connectivity index (χ4n) is 1.74. The quantitative estimate of drug-likeness (QED) is 0.835. The van der Waals surface area contributed by atoms with Crippen molar-refractivity contribution in [2.75, 3.05) is 24.5 Å². The van der Waals surface area contributed by atoms with Crippen LogP contribution in [0.2, 0.25) is 0 Å². The van der Waals surface area contributed by atoms with E-state index in [1.54, 1.807) is 30.3 Å². The molecule has 20 heavy (non-hydrogen) atoms. The Morgan fingerprint density at radius 2 is 1.75 bits per heavy atom. The normalized spacial score (nSPS) is 9.70. The average molecular weight is 277 g/mol. The van der Waals surface area contributed by atoms with Gasteiger partial charge in [0.15, 0.2) is 0 Å². The molecule has 1 aromatic rings. The first kappa shape index (κ1) is 15.7. The first-order valence-corrected chi connectivity index (χ1v) is 6.51. The third-order valence-corrected chi connectivity index (χ3v) is 2.78. The van der Waals surface area contributed by atoms with Gasteiger partial charge in [-0.15, -0.1) is 0 Å². The molecule has 0 fully saturated rings. The second-order valence-electron chi connectivity index (χ2n) is 3.98. The van der Waals surface area contributed by atoms with E-state index in [1.807, 2.05) is 13.8 Å². The van der Waals surface area contributed by atoms with Crippen LogP contribution in [0.1, 0.15) is 13.8 Å². The van der Waals surface area contributed by atoms with Gasteiger partial charge in [-0.25, -0.2) is 14.5 Å². The predicted octanol–water partition coefficient (Wildman–Crippen LogP) is 1.86. The van der Waals surface area contributed by atoms with Gasteiger partial charge in [0, 0.05) is 13.1 Å². The number of nitrogens with one attached hydrogen (secondary N) is 1. The Labute approximate surface area is 118 Å². The minimum Gasteiger partial charge on any atom is -0.330 e. The van der Waals surface area contributed by atoms with Crippen LogP contribution in [0.5, 0.6) is 0 Å². The topological polar surface area (TPSA) is 69.7 Å². The maximum absolute atomic E-state index is 12.4. The number of nitrogens with zero attached hydrogens (tertiary/aromatic N) is 2. The van der Waals surface area contributed by atoms with E-state index in [0.717, 1.165) is 4.90 Å². The summed E-state index contributed by atoms with van der Waals surface area (Å²) in [5.41, 5.74) is 0.466. The molecule has 1 rings (SSSR count). The lowest BCUT2D eigenvalue weighted by Gasteiger charge is -2.27. The van der Waals surface area contributed by atoms with Crippen molar-refractivity contribution in [3.8, 4) is 0 Å². The Hall–Kier alpha value is -2.37. The number of hydrogen-bond acceptors (Lipinski definition) is 3. The third-order valence-electron chi connectivity index (χ3n) is 2.78. The summed E-state index contributed by atoms with van der Waals surface area (Å²) in [6.45, 7) is 4.55. The molecule has 0 saturated heterocycles. The predicted molar refractivity (Wildman–Crippen MR) is 76.7 cm³/mol. The molecule has 0 aliphatic rings. The Bertz CT molecular complexity index is 458. The summed E-state index contributed by atoms with van der Waals surface area (Å²) in [6, 6.07) is 7.59. The van der Waals surface area contributed by atoms with E-state index >= 15 is 0 Å². The zero-order valence-corrected chi connectivity index (χ0v) is 11.7. The zero-order chi connectivity index (χ0) is 15.0. The van der Waals surface area contributed by atoms with Crippen molar-refractivity contribution in [3.05, 3.63) is 30.3 Å². The molecule has 0 aliphatic heterocycles. The van der Waals surface area contributed by atoms with Crippen molar-refractivity contribution in [3.63, 3.8) is 0 Å². The summed E-state index contributed by atoms with van der Waals surface area (Å²) in [4.78, 5) is 37.4. The number of amides is 4. The summed E-state index contributed by atoms with van der Waals surface area (Å²) >= 11 is 0. The number of para-hydroxylation sites is 1. The van der Waals surface area contributed by atoms with E-state index in [0.29, 0.717) is 25.1 Å². The molecule has 0 spiro atoms. The van der Waals surface area contributed by atoms with E-state index < -0.39 is 12.1 Å². The van der Waals surface area contributed by atoms with Crippen LogP contribution in [-0.4, -0.2) is 42.9 Å². The second kappa shape index (κ2) is 7.93. The van der Waals surface area contributed by atoms with E-state index in [2.05, 4.69) is 5.32 Å². The largest absolute Gasteiger partial charge is 0.332 e. The molecule has 0 bridgehead atoms. The highest BCUT2D eigenvalue weighted by atomic mass is 16.2. The molecule has 1 aromatic carbocycles. The van der Waals surface area contributed by atoms with Gasteiger partial charge in [0.2, 0.25) is 0 Å². The van der Waals surface area contributed by atoms with E-state index in [4.69, 9.17) is 0 Å². The molecule has 0 heterocycles. The van der Waals surface area contributed by atoms with Crippen molar-refractivity contribution in [1.82, 2.24) is 10.2 Å². The Kier molecular flexibility index (Phi) is 6.22. The van der Waals surface area contributed by atoms with Gasteiger partial charge in [-0.3, -0.25) is 0 Å². The van der Waals surface area contributed by atoms with Crippen molar-refractivity contribution in [2.45, 2.75) is 13.8 Å². The Morgan fingerprint density at radius 3 is 2.25 bits per heavy atom. The summed E-state index contributed by atoms with van der Waals surface area (Å²) in [5.74, 6) is 0. The molecule has 1 N–H and O–H groups in total. The van der Waals surface area contributed by atoms with Gasteiger partial charge >= 0.3 is 12.1 Å². The number of anilines is 1. The van der Waals surface area contributed by atoms with Crippen molar-refractivity contribution >= 4 is 24.0 Å². The van der Waals surface area contributed by atoms with Gasteiger partial charge < -0.3 is 15.0 Å². The van der Waals surface area contributed by atoms with Crippen LogP contribution in [0.15, 0.2) is 30.3 Å². The smallest absolute Gasteiger partial charge is 0.330 e. The number of carbonyl (C=O) groups excluding carboxylic acids is 3. The highest BCUT2D eigenvalue weighted by Crippen LogP contribution is 2.15. The summed E-state index contributed by atoms with van der Waals surface area (Å²) in [5, 5.41) is 2.39. The van der Waals surface area contributed by atoms with E-state index in [1.165, 1.54) is 4.90 Å². The molecule has 0 atom stereocenters. The minimum atomic E-state index is -0.611. The van der Waals surface area contributed by atoms with E-state index in [-0.39, 0.29) is 6.54 Å². The second-order valence-corrected chi connectivity index (χ2v) is 3.98. The molecule has 6 nitrogen and oxygen atoms in total. The maximum Gasteiger partial charge on any atom is 0.332 e. The number of carbonyl (C=O) groups is 3. The third kappa shape index (κ3) is 3.81. The summed E-state index contributed by atoms with van der Waals surface area (Å²) in [7, 11) is 0. The monoisotopic (exact) mass is 277 g/mol. The van der Waals surface area contributed by atoms with Crippen LogP contribution in [-0.2, 0) is 4.79 Å². The first-order valence-electron chi connectivity index (χ1n) is 6.51. The number of benzene rings is 1. The van der Waals surface area contributed by atoms with Crippen LogP contribution in [0.25, 0.3) is 0 Å². The van der Waals surface area contributed by atoms with Gasteiger partial charge in [-0.05, 0) is 26.0 Å². The van der Waals surface area contributed by atoms with Crippen LogP contribution in [0.4, 0.5) is 15.3 Å². The van der Waals surface area contributed by atoms with Gasteiger partial charge in [-0.2, -0.15) is 0 Å². The number of imide groups is 1. The van der Waals surface area contributed by atoms with E-state index in [9.17, 15) is 14.4 Å². The Balaban J connectivity index is 3.04. The van der Waals surface area contributed by atoms with Gasteiger partial charge in [0.1, 0.15) is 6.29 Å². The molecule has 6 heteroatoms. The van der Waals surface area contributed by atoms with Crippen molar-refractivity contribution < 1.29 is 14.4 Å². The molecule has 4 amide bonds. The number of rotatable bonds is 5. The van der Waals surface area contributed by atoms with Crippen LogP contribution < -0.4 is 10.2 Å². The molecular weight excluding hydrogens is 258 g/mol. The lowest BCUT2D eigenvalue weighted by atomic mass is 10.3.